The van der Waals surface area contributed by atoms with Gasteiger partial charge in [0.1, 0.15) is 0 Å². The van der Waals surface area contributed by atoms with Gasteiger partial charge in [0, 0.05) is 13.1 Å². The van der Waals surface area contributed by atoms with Crippen molar-refractivity contribution >= 4 is 11.4 Å². The monoisotopic (exact) mass is 217 g/mol. The van der Waals surface area contributed by atoms with Crippen LogP contribution in [0, 0.1) is 0 Å². The number of unbranched alkanes of at least 4 members (excludes halogenated alkanes) is 3. The maximum absolute atomic E-state index is 4.55. The molecule has 0 N–H and O–H groups in total. The molecule has 1 radical (unpaired) electrons. The molecule has 1 aliphatic rings. The van der Waals surface area contributed by atoms with Crippen LogP contribution in [0.3, 0.4) is 0 Å². The van der Waals surface area contributed by atoms with E-state index >= 15 is 0 Å². The van der Waals surface area contributed by atoms with Crippen LogP contribution in [0.4, 0.5) is 11.4 Å². The number of nitrogens with zero attached hydrogens (tertiary/aromatic N) is 2. The molecule has 2 rings (SSSR count). The molecule has 2 heteroatoms. The summed E-state index contributed by atoms with van der Waals surface area (Å²) in [5.41, 5.74) is 2.49. The summed E-state index contributed by atoms with van der Waals surface area (Å²) >= 11 is 0. The summed E-state index contributed by atoms with van der Waals surface area (Å²) in [5, 5.41) is 4.55. The van der Waals surface area contributed by atoms with Crippen LogP contribution in [0.5, 0.6) is 0 Å². The van der Waals surface area contributed by atoms with Crippen molar-refractivity contribution in [2.45, 2.75) is 32.6 Å². The van der Waals surface area contributed by atoms with Crippen molar-refractivity contribution < 1.29 is 0 Å². The van der Waals surface area contributed by atoms with E-state index in [1.807, 2.05) is 0 Å². The lowest BCUT2D eigenvalue weighted by Gasteiger charge is -2.30. The Balaban J connectivity index is 1.91. The van der Waals surface area contributed by atoms with Gasteiger partial charge in [-0.15, -0.1) is 0 Å². The topological polar surface area (TPSA) is 17.3 Å². The van der Waals surface area contributed by atoms with Gasteiger partial charge in [-0.1, -0.05) is 38.3 Å². The average Bonchev–Trinajstić information content (AvgIpc) is 2.35. The highest BCUT2D eigenvalue weighted by Gasteiger charge is 2.15. The number of fused-ring (bicyclic) bond motifs is 1. The van der Waals surface area contributed by atoms with Crippen LogP contribution >= 0.6 is 0 Å². The largest absolute Gasteiger partial charge is 0.368 e. The van der Waals surface area contributed by atoms with E-state index in [4.69, 9.17) is 0 Å². The van der Waals surface area contributed by atoms with Crippen LogP contribution in [0.25, 0.3) is 0 Å². The molecule has 0 bridgehead atoms. The average molecular weight is 217 g/mol. The lowest BCUT2D eigenvalue weighted by molar-refractivity contribution is 0.625. The smallest absolute Gasteiger partial charge is 0.0808 e. The molecule has 0 unspecified atom stereocenters. The van der Waals surface area contributed by atoms with E-state index in [1.165, 1.54) is 43.6 Å². The van der Waals surface area contributed by atoms with Crippen molar-refractivity contribution in [3.05, 3.63) is 24.3 Å². The Bertz CT molecular complexity index is 322. The zero-order valence-corrected chi connectivity index (χ0v) is 10.2. The lowest BCUT2D eigenvalue weighted by atomic mass is 10.1. The summed E-state index contributed by atoms with van der Waals surface area (Å²) in [6.45, 7) is 5.48. The third-order valence-corrected chi connectivity index (χ3v) is 3.16. The maximum atomic E-state index is 4.55. The first kappa shape index (κ1) is 11.3. The van der Waals surface area contributed by atoms with Crippen molar-refractivity contribution in [3.63, 3.8) is 0 Å². The predicted molar refractivity (Wildman–Crippen MR) is 69.5 cm³/mol. The van der Waals surface area contributed by atoms with Gasteiger partial charge >= 0.3 is 0 Å². The summed E-state index contributed by atoms with van der Waals surface area (Å²) in [7, 11) is 0. The van der Waals surface area contributed by atoms with Crippen molar-refractivity contribution in [3.8, 4) is 0 Å². The van der Waals surface area contributed by atoms with Gasteiger partial charge in [0.25, 0.3) is 0 Å². The molecule has 1 heterocycles. The van der Waals surface area contributed by atoms with Gasteiger partial charge in [0.15, 0.2) is 0 Å². The molecule has 0 saturated carbocycles. The van der Waals surface area contributed by atoms with Gasteiger partial charge in [-0.2, -0.15) is 0 Å². The quantitative estimate of drug-likeness (QED) is 0.692. The highest BCUT2D eigenvalue weighted by molar-refractivity contribution is 5.67. The maximum Gasteiger partial charge on any atom is 0.0808 e. The third-order valence-electron chi connectivity index (χ3n) is 3.16. The Kier molecular flexibility index (Phi) is 4.09. The molecule has 0 fully saturated rings. The third kappa shape index (κ3) is 2.69. The van der Waals surface area contributed by atoms with Gasteiger partial charge in [-0.3, -0.25) is 5.32 Å². The fourth-order valence-electron chi connectivity index (χ4n) is 2.24. The zero-order chi connectivity index (χ0) is 11.2. The molecule has 0 aliphatic carbocycles. The summed E-state index contributed by atoms with van der Waals surface area (Å²) in [5.74, 6) is 0. The molecule has 16 heavy (non-hydrogen) atoms. The summed E-state index contributed by atoms with van der Waals surface area (Å²) in [6.07, 6.45) is 5.33. The predicted octanol–water partition coefficient (Wildman–Crippen LogP) is 3.32. The summed E-state index contributed by atoms with van der Waals surface area (Å²) < 4.78 is 0. The van der Waals surface area contributed by atoms with Gasteiger partial charge in [-0.05, 0) is 18.6 Å². The summed E-state index contributed by atoms with van der Waals surface area (Å²) in [6, 6.07) is 8.49. The Morgan fingerprint density at radius 1 is 1.19 bits per heavy atom. The first-order chi connectivity index (χ1) is 7.92. The number of hydrogen-bond acceptors (Lipinski definition) is 1. The minimum atomic E-state index is 0.949. The number of para-hydroxylation sites is 2. The molecule has 87 valence electrons. The van der Waals surface area contributed by atoms with Crippen LogP contribution in [0.1, 0.15) is 32.6 Å². The van der Waals surface area contributed by atoms with Gasteiger partial charge in [-0.25, -0.2) is 0 Å². The molecule has 0 atom stereocenters. The first-order valence-corrected chi connectivity index (χ1v) is 6.43. The Morgan fingerprint density at radius 2 is 2.06 bits per heavy atom. The molecule has 2 nitrogen and oxygen atoms in total. The first-order valence-electron chi connectivity index (χ1n) is 6.43. The molecule has 0 saturated heterocycles. The standard InChI is InChI=1S/C14H21N2/c1-2-3-4-7-11-16-12-10-15-13-8-5-6-9-14(13)16/h5-6,8-9H,2-4,7,10-12H2,1H3. The number of benzene rings is 1. The lowest BCUT2D eigenvalue weighted by Crippen LogP contribution is -2.34. The number of anilines is 1. The highest BCUT2D eigenvalue weighted by Crippen LogP contribution is 2.28. The van der Waals surface area contributed by atoms with E-state index in [-0.39, 0.29) is 0 Å². The number of hydrogen-bond donors (Lipinski definition) is 0. The van der Waals surface area contributed by atoms with E-state index in [1.54, 1.807) is 0 Å². The molecule has 0 spiro atoms. The van der Waals surface area contributed by atoms with Gasteiger partial charge in [0.05, 0.1) is 17.9 Å². The molecule has 1 aromatic carbocycles. The molecule has 1 aliphatic heterocycles. The van der Waals surface area contributed by atoms with Crippen LogP contribution < -0.4 is 10.2 Å². The minimum absolute atomic E-state index is 0.949. The molecular formula is C14H21N2. The van der Waals surface area contributed by atoms with Crippen LogP contribution in [0.2, 0.25) is 0 Å². The zero-order valence-electron chi connectivity index (χ0n) is 10.2. The van der Waals surface area contributed by atoms with Gasteiger partial charge < -0.3 is 4.90 Å². The van der Waals surface area contributed by atoms with Crippen molar-refractivity contribution in [2.75, 3.05) is 24.5 Å². The SMILES string of the molecule is CCCCCCN1CC[N]c2ccccc21. The Morgan fingerprint density at radius 3 is 2.94 bits per heavy atom. The fourth-order valence-corrected chi connectivity index (χ4v) is 2.24. The van der Waals surface area contributed by atoms with E-state index < -0.39 is 0 Å². The second-order valence-electron chi connectivity index (χ2n) is 4.42. The molecule has 0 aromatic heterocycles. The molecule has 1 aromatic rings. The second kappa shape index (κ2) is 5.78. The van der Waals surface area contributed by atoms with Crippen LogP contribution in [0.15, 0.2) is 24.3 Å². The highest BCUT2D eigenvalue weighted by atomic mass is 15.2. The van der Waals surface area contributed by atoms with E-state index in [9.17, 15) is 0 Å². The van der Waals surface area contributed by atoms with Crippen molar-refractivity contribution in [1.29, 1.82) is 0 Å². The number of rotatable bonds is 5. The fraction of sp³-hybridized carbons (Fsp3) is 0.571. The second-order valence-corrected chi connectivity index (χ2v) is 4.42. The van der Waals surface area contributed by atoms with Crippen molar-refractivity contribution in [1.82, 2.24) is 5.32 Å². The van der Waals surface area contributed by atoms with Crippen molar-refractivity contribution in [2.24, 2.45) is 0 Å². The Labute approximate surface area is 98.7 Å². The van der Waals surface area contributed by atoms with E-state index in [0.717, 1.165) is 13.1 Å². The normalized spacial score (nSPS) is 14.4. The van der Waals surface area contributed by atoms with E-state index in [0.29, 0.717) is 0 Å². The Hall–Kier alpha value is -1.18. The van der Waals surface area contributed by atoms with Crippen LogP contribution in [-0.4, -0.2) is 19.6 Å². The van der Waals surface area contributed by atoms with Crippen LogP contribution in [-0.2, 0) is 0 Å². The van der Waals surface area contributed by atoms with E-state index in [2.05, 4.69) is 41.4 Å². The summed E-state index contributed by atoms with van der Waals surface area (Å²) in [4.78, 5) is 2.48. The molecule has 0 amide bonds. The van der Waals surface area contributed by atoms with Gasteiger partial charge in [0.2, 0.25) is 0 Å². The molecular weight excluding hydrogens is 196 g/mol. The minimum Gasteiger partial charge on any atom is -0.368 e.